The van der Waals surface area contributed by atoms with Crippen molar-refractivity contribution in [1.82, 2.24) is 0 Å². The van der Waals surface area contributed by atoms with Gasteiger partial charge < -0.3 is 13.7 Å². The summed E-state index contributed by atoms with van der Waals surface area (Å²) in [5.41, 5.74) is 13.7. The maximum Gasteiger partial charge on any atom is 0.143 e. The van der Waals surface area contributed by atoms with Gasteiger partial charge in [-0.1, -0.05) is 127 Å². The SMILES string of the molecule is c1ccc(-c2cccc(-c3cc4c5ccc(-c6cccc(N(c7ccccc7)c7ccc8c(c7)oc7ccccc78)c6)cc5oc4c4ccccc34)c2)cc1. The van der Waals surface area contributed by atoms with Crippen LogP contribution in [0.4, 0.5) is 17.1 Å². The Kier molecular flexibility index (Phi) is 7.17. The minimum atomic E-state index is 0.866. The molecule has 0 saturated carbocycles. The van der Waals surface area contributed by atoms with Gasteiger partial charge in [0.2, 0.25) is 0 Å². The Balaban J connectivity index is 1.02. The lowest BCUT2D eigenvalue weighted by Gasteiger charge is -2.26. The summed E-state index contributed by atoms with van der Waals surface area (Å²) in [6, 6.07) is 70.9. The highest BCUT2D eigenvalue weighted by Crippen LogP contribution is 2.43. The maximum absolute atomic E-state index is 6.77. The fourth-order valence-electron chi connectivity index (χ4n) is 8.22. The van der Waals surface area contributed by atoms with Gasteiger partial charge in [-0.05, 0) is 105 Å². The molecule has 0 spiro atoms. The van der Waals surface area contributed by atoms with Crippen molar-refractivity contribution in [2.75, 3.05) is 4.90 Å². The second kappa shape index (κ2) is 12.6. The maximum atomic E-state index is 6.77. The van der Waals surface area contributed by atoms with Crippen LogP contribution in [-0.4, -0.2) is 0 Å². The summed E-state index contributed by atoms with van der Waals surface area (Å²) in [6.45, 7) is 0. The fraction of sp³-hybridized carbons (Fsp3) is 0. The molecule has 0 aliphatic heterocycles. The molecule has 0 amide bonds. The molecule has 9 aromatic carbocycles. The molecule has 3 nitrogen and oxygen atoms in total. The van der Waals surface area contributed by atoms with Gasteiger partial charge in [-0.3, -0.25) is 0 Å². The number of rotatable bonds is 6. The molecule has 0 N–H and O–H groups in total. The van der Waals surface area contributed by atoms with Crippen molar-refractivity contribution in [3.05, 3.63) is 200 Å². The van der Waals surface area contributed by atoms with E-state index < -0.39 is 0 Å². The van der Waals surface area contributed by atoms with Gasteiger partial charge in [-0.25, -0.2) is 0 Å². The highest BCUT2D eigenvalue weighted by Gasteiger charge is 2.18. The average Bonchev–Trinajstić information content (AvgIpc) is 3.82. The lowest BCUT2D eigenvalue weighted by molar-refractivity contribution is 0.669. The van der Waals surface area contributed by atoms with Crippen molar-refractivity contribution >= 4 is 71.7 Å². The molecule has 2 heterocycles. The predicted octanol–water partition coefficient (Wildman–Crippen LogP) is 15.1. The fourth-order valence-corrected chi connectivity index (χ4v) is 8.22. The minimum Gasteiger partial charge on any atom is -0.456 e. The van der Waals surface area contributed by atoms with Crippen LogP contribution in [0.15, 0.2) is 209 Å². The summed E-state index contributed by atoms with van der Waals surface area (Å²) < 4.78 is 13.1. The standard InChI is InChI=1S/C52H33NO2/c1-3-13-34(14-4-1)35-15-11-17-38(29-35)47-33-48-45-27-25-37(31-50(45)55-52(48)46-23-8-7-21-42(46)47)36-16-12-20-40(30-36)53(39-18-5-2-6-19-39)41-26-28-44-43-22-9-10-24-49(43)54-51(44)32-41/h1-33H. The molecular formula is C52H33NO2. The summed E-state index contributed by atoms with van der Waals surface area (Å²) >= 11 is 0. The third kappa shape index (κ3) is 5.28. The van der Waals surface area contributed by atoms with E-state index in [0.717, 1.165) is 77.5 Å². The summed E-state index contributed by atoms with van der Waals surface area (Å²) in [5, 5.41) is 6.74. The van der Waals surface area contributed by atoms with E-state index >= 15 is 0 Å². The zero-order chi connectivity index (χ0) is 36.3. The molecule has 0 saturated heterocycles. The van der Waals surface area contributed by atoms with E-state index in [2.05, 4.69) is 193 Å². The number of nitrogens with zero attached hydrogens (tertiary/aromatic N) is 1. The van der Waals surface area contributed by atoms with Gasteiger partial charge >= 0.3 is 0 Å². The molecule has 0 fully saturated rings. The first-order valence-electron chi connectivity index (χ1n) is 18.7. The number of furan rings is 2. The van der Waals surface area contributed by atoms with Crippen molar-refractivity contribution in [2.45, 2.75) is 0 Å². The lowest BCUT2D eigenvalue weighted by atomic mass is 9.93. The van der Waals surface area contributed by atoms with Gasteiger partial charge in [-0.15, -0.1) is 0 Å². The molecule has 0 aliphatic rings. The van der Waals surface area contributed by atoms with Gasteiger partial charge in [0, 0.05) is 50.1 Å². The first-order chi connectivity index (χ1) is 27.2. The lowest BCUT2D eigenvalue weighted by Crippen LogP contribution is -2.09. The number of anilines is 3. The zero-order valence-electron chi connectivity index (χ0n) is 29.8. The summed E-state index contributed by atoms with van der Waals surface area (Å²) in [4.78, 5) is 2.29. The van der Waals surface area contributed by atoms with Crippen LogP contribution in [0.1, 0.15) is 0 Å². The second-order valence-corrected chi connectivity index (χ2v) is 14.1. The second-order valence-electron chi connectivity index (χ2n) is 14.1. The largest absolute Gasteiger partial charge is 0.456 e. The van der Waals surface area contributed by atoms with Crippen LogP contribution in [0.5, 0.6) is 0 Å². The van der Waals surface area contributed by atoms with Crippen LogP contribution >= 0.6 is 0 Å². The molecule has 258 valence electrons. The number of benzene rings is 9. The number of hydrogen-bond donors (Lipinski definition) is 0. The third-order valence-electron chi connectivity index (χ3n) is 10.8. The molecule has 11 rings (SSSR count). The Morgan fingerprint density at radius 1 is 0.273 bits per heavy atom. The van der Waals surface area contributed by atoms with E-state index in [1.807, 2.05) is 12.1 Å². The van der Waals surface area contributed by atoms with E-state index in [4.69, 9.17) is 8.83 Å². The number of hydrogen-bond acceptors (Lipinski definition) is 3. The quantitative estimate of drug-likeness (QED) is 0.173. The van der Waals surface area contributed by atoms with E-state index in [9.17, 15) is 0 Å². The molecule has 0 atom stereocenters. The van der Waals surface area contributed by atoms with Crippen molar-refractivity contribution in [1.29, 1.82) is 0 Å². The topological polar surface area (TPSA) is 29.5 Å². The monoisotopic (exact) mass is 703 g/mol. The van der Waals surface area contributed by atoms with Crippen LogP contribution < -0.4 is 4.90 Å². The molecular weight excluding hydrogens is 671 g/mol. The van der Waals surface area contributed by atoms with Crippen LogP contribution in [-0.2, 0) is 0 Å². The molecule has 0 aliphatic carbocycles. The van der Waals surface area contributed by atoms with Gasteiger partial charge in [0.1, 0.15) is 22.3 Å². The van der Waals surface area contributed by atoms with Crippen LogP contribution in [0, 0.1) is 0 Å². The normalized spacial score (nSPS) is 11.6. The van der Waals surface area contributed by atoms with E-state index in [-0.39, 0.29) is 0 Å². The third-order valence-corrected chi connectivity index (χ3v) is 10.8. The molecule has 3 heteroatoms. The van der Waals surface area contributed by atoms with Crippen LogP contribution in [0.25, 0.3) is 88.0 Å². The van der Waals surface area contributed by atoms with Crippen molar-refractivity contribution in [2.24, 2.45) is 0 Å². The molecule has 11 aromatic rings. The van der Waals surface area contributed by atoms with Crippen LogP contribution in [0.3, 0.4) is 0 Å². The Morgan fingerprint density at radius 2 is 0.836 bits per heavy atom. The minimum absolute atomic E-state index is 0.866. The van der Waals surface area contributed by atoms with E-state index in [0.29, 0.717) is 0 Å². The molecule has 55 heavy (non-hydrogen) atoms. The van der Waals surface area contributed by atoms with Crippen molar-refractivity contribution < 1.29 is 8.83 Å². The van der Waals surface area contributed by atoms with E-state index in [1.54, 1.807) is 0 Å². The van der Waals surface area contributed by atoms with Crippen molar-refractivity contribution in [3.63, 3.8) is 0 Å². The summed E-state index contributed by atoms with van der Waals surface area (Å²) in [6.07, 6.45) is 0. The van der Waals surface area contributed by atoms with E-state index in [1.165, 1.54) is 27.6 Å². The molecule has 2 aromatic heterocycles. The van der Waals surface area contributed by atoms with Gasteiger partial charge in [-0.2, -0.15) is 0 Å². The Labute approximate surface area is 317 Å². The van der Waals surface area contributed by atoms with Gasteiger partial charge in [0.05, 0.1) is 0 Å². The highest BCUT2D eigenvalue weighted by atomic mass is 16.3. The molecule has 0 unspecified atom stereocenters. The highest BCUT2D eigenvalue weighted by molar-refractivity contribution is 6.19. The summed E-state index contributed by atoms with van der Waals surface area (Å²) in [5.74, 6) is 0. The average molecular weight is 704 g/mol. The molecule has 0 bridgehead atoms. The van der Waals surface area contributed by atoms with Crippen LogP contribution in [0.2, 0.25) is 0 Å². The molecule has 0 radical (unpaired) electrons. The smallest absolute Gasteiger partial charge is 0.143 e. The van der Waals surface area contributed by atoms with Gasteiger partial charge in [0.25, 0.3) is 0 Å². The summed E-state index contributed by atoms with van der Waals surface area (Å²) in [7, 11) is 0. The first kappa shape index (κ1) is 31.2. The van der Waals surface area contributed by atoms with Gasteiger partial charge in [0.15, 0.2) is 0 Å². The number of fused-ring (bicyclic) bond motifs is 8. The Hall–Kier alpha value is -7.36. The predicted molar refractivity (Wildman–Crippen MR) is 229 cm³/mol. The zero-order valence-corrected chi connectivity index (χ0v) is 29.8. The first-order valence-corrected chi connectivity index (χ1v) is 18.7. The van der Waals surface area contributed by atoms with Crippen molar-refractivity contribution in [3.8, 4) is 33.4 Å². The Bertz CT molecular complexity index is 3210. The number of para-hydroxylation sites is 2. The Morgan fingerprint density at radius 3 is 1.69 bits per heavy atom.